The fourth-order valence-electron chi connectivity index (χ4n) is 0.913. The predicted octanol–water partition coefficient (Wildman–Crippen LogP) is 1.51. The highest BCUT2D eigenvalue weighted by Crippen LogP contribution is 2.24. The fourth-order valence-corrected chi connectivity index (χ4v) is 2.31. The molecule has 1 aromatic heterocycles. The minimum atomic E-state index is -0.756. The standard InChI is InChI=1S/C8H10ClIN2O/c1-8(11,4-13)5-3-12-7(9)2-6(5)10/h2-3,13H,4,11H2,1H3. The minimum absolute atomic E-state index is 0.119. The van der Waals surface area contributed by atoms with Crippen molar-refractivity contribution in [3.8, 4) is 0 Å². The highest BCUT2D eigenvalue weighted by atomic mass is 127. The van der Waals surface area contributed by atoms with Gasteiger partial charge in [0.25, 0.3) is 0 Å². The third-order valence-corrected chi connectivity index (χ3v) is 2.86. The summed E-state index contributed by atoms with van der Waals surface area (Å²) in [5, 5.41) is 9.48. The number of nitrogens with zero attached hydrogens (tertiary/aromatic N) is 1. The second kappa shape index (κ2) is 4.08. The summed E-state index contributed by atoms with van der Waals surface area (Å²) in [6.45, 7) is 1.63. The zero-order chi connectivity index (χ0) is 10.1. The van der Waals surface area contributed by atoms with Crippen LogP contribution >= 0.6 is 34.2 Å². The molecule has 0 bridgehead atoms. The van der Waals surface area contributed by atoms with Crippen LogP contribution in [0.5, 0.6) is 0 Å². The van der Waals surface area contributed by atoms with Gasteiger partial charge in [-0.15, -0.1) is 0 Å². The molecule has 0 aliphatic heterocycles. The van der Waals surface area contributed by atoms with Crippen molar-refractivity contribution in [2.75, 3.05) is 6.61 Å². The van der Waals surface area contributed by atoms with Gasteiger partial charge in [-0.2, -0.15) is 0 Å². The normalized spacial score (nSPS) is 15.5. The maximum absolute atomic E-state index is 9.05. The third-order valence-electron chi connectivity index (χ3n) is 1.76. The second-order valence-corrected chi connectivity index (χ2v) is 4.61. The molecule has 72 valence electrons. The lowest BCUT2D eigenvalue weighted by Crippen LogP contribution is -2.37. The summed E-state index contributed by atoms with van der Waals surface area (Å²) in [4.78, 5) is 3.92. The van der Waals surface area contributed by atoms with E-state index in [1.807, 2.05) is 0 Å². The molecule has 0 aliphatic carbocycles. The smallest absolute Gasteiger partial charge is 0.130 e. The number of pyridine rings is 1. The molecular formula is C8H10ClIN2O. The molecule has 3 nitrogen and oxygen atoms in total. The third kappa shape index (κ3) is 2.52. The Morgan fingerprint density at radius 2 is 2.38 bits per heavy atom. The monoisotopic (exact) mass is 312 g/mol. The number of nitrogens with two attached hydrogens (primary N) is 1. The van der Waals surface area contributed by atoms with Gasteiger partial charge in [0.05, 0.1) is 12.1 Å². The van der Waals surface area contributed by atoms with Crippen molar-refractivity contribution in [1.29, 1.82) is 0 Å². The van der Waals surface area contributed by atoms with E-state index in [1.54, 1.807) is 19.2 Å². The van der Waals surface area contributed by atoms with E-state index in [2.05, 4.69) is 27.6 Å². The van der Waals surface area contributed by atoms with Crippen molar-refractivity contribution < 1.29 is 5.11 Å². The van der Waals surface area contributed by atoms with Crippen LogP contribution in [0.1, 0.15) is 12.5 Å². The highest BCUT2D eigenvalue weighted by Gasteiger charge is 2.23. The van der Waals surface area contributed by atoms with Crippen LogP contribution in [0.2, 0.25) is 5.15 Å². The predicted molar refractivity (Wildman–Crippen MR) is 60.6 cm³/mol. The Kier molecular flexibility index (Phi) is 3.50. The molecule has 1 unspecified atom stereocenters. The maximum atomic E-state index is 9.05. The van der Waals surface area contributed by atoms with Gasteiger partial charge >= 0.3 is 0 Å². The van der Waals surface area contributed by atoms with Gasteiger partial charge in [-0.25, -0.2) is 4.98 Å². The Hall–Kier alpha value is 0.0900. The van der Waals surface area contributed by atoms with E-state index >= 15 is 0 Å². The average molecular weight is 313 g/mol. The van der Waals surface area contributed by atoms with Crippen molar-refractivity contribution in [2.24, 2.45) is 5.73 Å². The molecular weight excluding hydrogens is 302 g/mol. The number of hydrogen-bond donors (Lipinski definition) is 2. The van der Waals surface area contributed by atoms with Gasteiger partial charge in [-0.05, 0) is 35.6 Å². The van der Waals surface area contributed by atoms with E-state index in [9.17, 15) is 0 Å². The molecule has 3 N–H and O–H groups in total. The lowest BCUT2D eigenvalue weighted by atomic mass is 9.96. The van der Waals surface area contributed by atoms with E-state index in [0.717, 1.165) is 9.13 Å². The van der Waals surface area contributed by atoms with Crippen molar-refractivity contribution >= 4 is 34.2 Å². The molecule has 1 aromatic rings. The summed E-state index contributed by atoms with van der Waals surface area (Å²) in [6.07, 6.45) is 1.60. The van der Waals surface area contributed by atoms with E-state index in [0.29, 0.717) is 5.15 Å². The first-order valence-corrected chi connectivity index (χ1v) is 5.14. The van der Waals surface area contributed by atoms with E-state index in [4.69, 9.17) is 22.4 Å². The van der Waals surface area contributed by atoms with Crippen LogP contribution in [-0.2, 0) is 5.54 Å². The van der Waals surface area contributed by atoms with Crippen molar-refractivity contribution in [3.63, 3.8) is 0 Å². The van der Waals surface area contributed by atoms with Crippen LogP contribution in [0.4, 0.5) is 0 Å². The molecule has 0 amide bonds. The summed E-state index contributed by atoms with van der Waals surface area (Å²) in [5.41, 5.74) is 5.90. The Balaban J connectivity index is 3.16. The molecule has 0 radical (unpaired) electrons. The molecule has 0 saturated heterocycles. The Bertz CT molecular complexity index is 317. The number of aromatic nitrogens is 1. The fraction of sp³-hybridized carbons (Fsp3) is 0.375. The van der Waals surface area contributed by atoms with E-state index < -0.39 is 5.54 Å². The highest BCUT2D eigenvalue weighted by molar-refractivity contribution is 14.1. The van der Waals surface area contributed by atoms with Gasteiger partial charge in [0.15, 0.2) is 0 Å². The van der Waals surface area contributed by atoms with Gasteiger partial charge in [0.1, 0.15) is 5.15 Å². The Labute approximate surface area is 95.4 Å². The average Bonchev–Trinajstić information content (AvgIpc) is 2.03. The summed E-state index contributed by atoms with van der Waals surface area (Å²) < 4.78 is 0.914. The number of hydrogen-bond acceptors (Lipinski definition) is 3. The number of aliphatic hydroxyl groups excluding tert-OH is 1. The Morgan fingerprint density at radius 3 is 2.85 bits per heavy atom. The number of aliphatic hydroxyl groups is 1. The van der Waals surface area contributed by atoms with E-state index in [-0.39, 0.29) is 6.61 Å². The summed E-state index contributed by atoms with van der Waals surface area (Å²) in [7, 11) is 0. The summed E-state index contributed by atoms with van der Waals surface area (Å²) in [6, 6.07) is 1.72. The van der Waals surface area contributed by atoms with Gasteiger partial charge in [0, 0.05) is 15.3 Å². The molecule has 0 spiro atoms. The summed E-state index contributed by atoms with van der Waals surface area (Å²) >= 11 is 7.81. The van der Waals surface area contributed by atoms with Crippen LogP contribution in [0.25, 0.3) is 0 Å². The van der Waals surface area contributed by atoms with Gasteiger partial charge in [0.2, 0.25) is 0 Å². The van der Waals surface area contributed by atoms with Gasteiger partial charge < -0.3 is 10.8 Å². The largest absolute Gasteiger partial charge is 0.394 e. The van der Waals surface area contributed by atoms with Crippen LogP contribution < -0.4 is 5.73 Å². The summed E-state index contributed by atoms with van der Waals surface area (Å²) in [5.74, 6) is 0. The lowest BCUT2D eigenvalue weighted by Gasteiger charge is -2.23. The van der Waals surface area contributed by atoms with Crippen LogP contribution in [0, 0.1) is 3.57 Å². The quantitative estimate of drug-likeness (QED) is 0.643. The van der Waals surface area contributed by atoms with Crippen molar-refractivity contribution in [3.05, 3.63) is 26.5 Å². The molecule has 1 atom stereocenters. The zero-order valence-electron chi connectivity index (χ0n) is 7.09. The molecule has 1 heterocycles. The van der Waals surface area contributed by atoms with Gasteiger partial charge in [-0.3, -0.25) is 0 Å². The van der Waals surface area contributed by atoms with Crippen molar-refractivity contribution in [2.45, 2.75) is 12.5 Å². The molecule has 0 saturated carbocycles. The van der Waals surface area contributed by atoms with Crippen LogP contribution in [0.15, 0.2) is 12.3 Å². The second-order valence-electron chi connectivity index (χ2n) is 3.06. The molecule has 0 aromatic carbocycles. The lowest BCUT2D eigenvalue weighted by molar-refractivity contribution is 0.209. The maximum Gasteiger partial charge on any atom is 0.130 e. The topological polar surface area (TPSA) is 59.1 Å². The first-order valence-electron chi connectivity index (χ1n) is 3.68. The SMILES string of the molecule is CC(N)(CO)c1cnc(Cl)cc1I. The first kappa shape index (κ1) is 11.2. The zero-order valence-corrected chi connectivity index (χ0v) is 10.0. The van der Waals surface area contributed by atoms with Crippen LogP contribution in [-0.4, -0.2) is 16.7 Å². The molecule has 0 fully saturated rings. The van der Waals surface area contributed by atoms with Gasteiger partial charge in [-0.1, -0.05) is 11.6 Å². The molecule has 13 heavy (non-hydrogen) atoms. The number of rotatable bonds is 2. The molecule has 1 rings (SSSR count). The molecule has 0 aliphatic rings. The van der Waals surface area contributed by atoms with Crippen LogP contribution in [0.3, 0.4) is 0 Å². The molecule has 5 heteroatoms. The first-order chi connectivity index (χ1) is 5.97. The number of halogens is 2. The van der Waals surface area contributed by atoms with E-state index in [1.165, 1.54) is 0 Å². The minimum Gasteiger partial charge on any atom is -0.394 e. The Morgan fingerprint density at radius 1 is 1.77 bits per heavy atom. The van der Waals surface area contributed by atoms with Crippen molar-refractivity contribution in [1.82, 2.24) is 4.98 Å².